The van der Waals surface area contributed by atoms with Crippen molar-refractivity contribution < 1.29 is 4.42 Å². The minimum absolute atomic E-state index is 0.782. The molecule has 0 amide bonds. The van der Waals surface area contributed by atoms with Crippen LogP contribution in [0.15, 0.2) is 82.2 Å². The molecule has 0 N–H and O–H groups in total. The molecule has 0 fully saturated rings. The van der Waals surface area contributed by atoms with E-state index in [9.17, 15) is 0 Å². The summed E-state index contributed by atoms with van der Waals surface area (Å²) in [4.78, 5) is 4.98. The van der Waals surface area contributed by atoms with Crippen molar-refractivity contribution in [1.82, 2.24) is 14.0 Å². The van der Waals surface area contributed by atoms with Gasteiger partial charge in [0.15, 0.2) is 0 Å². The van der Waals surface area contributed by atoms with Gasteiger partial charge in [0, 0.05) is 15.4 Å². The third kappa shape index (κ3) is 2.56. The zero-order valence-corrected chi connectivity index (χ0v) is 18.4. The predicted octanol–water partition coefficient (Wildman–Crippen LogP) is 7.62. The maximum Gasteiger partial charge on any atom is 0.220 e. The lowest BCUT2D eigenvalue weighted by atomic mass is 10.1. The number of hydrogen-bond donors (Lipinski definition) is 0. The second kappa shape index (κ2) is 6.72. The van der Waals surface area contributed by atoms with Crippen LogP contribution in [0.25, 0.3) is 56.7 Å². The average molecular weight is 468 g/mol. The lowest BCUT2D eigenvalue weighted by Gasteiger charge is -2.05. The maximum absolute atomic E-state index is 6.00. The summed E-state index contributed by atoms with van der Waals surface area (Å²) in [7, 11) is 0. The first-order chi connectivity index (χ1) is 15.2. The van der Waals surface area contributed by atoms with Gasteiger partial charge in [0.05, 0.1) is 27.8 Å². The van der Waals surface area contributed by atoms with Gasteiger partial charge in [-0.15, -0.1) is 0 Å². The van der Waals surface area contributed by atoms with E-state index in [0.29, 0.717) is 0 Å². The molecule has 4 nitrogen and oxygen atoms in total. The van der Waals surface area contributed by atoms with Crippen molar-refractivity contribution in [2.45, 2.75) is 6.92 Å². The number of aromatic nitrogens is 3. The smallest absolute Gasteiger partial charge is 0.220 e. The van der Waals surface area contributed by atoms with Gasteiger partial charge in [-0.25, -0.2) is 4.98 Å². The highest BCUT2D eigenvalue weighted by Crippen LogP contribution is 2.34. The Balaban J connectivity index is 1.74. The highest BCUT2D eigenvalue weighted by Gasteiger charge is 2.18. The fourth-order valence-corrected chi connectivity index (χ4v) is 4.73. The van der Waals surface area contributed by atoms with E-state index in [0.717, 1.165) is 60.3 Å². The van der Waals surface area contributed by atoms with Crippen LogP contribution < -0.4 is 0 Å². The summed E-state index contributed by atoms with van der Waals surface area (Å²) >= 11 is 3.60. The molecule has 3 aromatic carbocycles. The first kappa shape index (κ1) is 18.2. The number of hydrogen-bond acceptors (Lipinski definition) is 2. The van der Waals surface area contributed by atoms with Crippen molar-refractivity contribution in [2.24, 2.45) is 0 Å². The van der Waals surface area contributed by atoms with Gasteiger partial charge in [-0.1, -0.05) is 46.8 Å². The molecule has 0 aliphatic rings. The van der Waals surface area contributed by atoms with E-state index in [4.69, 9.17) is 9.40 Å². The van der Waals surface area contributed by atoms with E-state index in [1.165, 1.54) is 0 Å². The molecule has 6 aromatic rings. The van der Waals surface area contributed by atoms with Crippen LogP contribution >= 0.6 is 15.9 Å². The van der Waals surface area contributed by atoms with Crippen molar-refractivity contribution in [2.75, 3.05) is 0 Å². The summed E-state index contributed by atoms with van der Waals surface area (Å²) in [6.45, 7) is 5.91. The van der Waals surface area contributed by atoms with Crippen molar-refractivity contribution in [3.63, 3.8) is 0 Å². The van der Waals surface area contributed by atoms with Crippen LogP contribution in [0.3, 0.4) is 0 Å². The van der Waals surface area contributed by atoms with E-state index in [1.54, 1.807) is 6.08 Å². The Morgan fingerprint density at radius 1 is 1.00 bits per heavy atom. The lowest BCUT2D eigenvalue weighted by molar-refractivity contribution is 0.603. The van der Waals surface area contributed by atoms with Crippen LogP contribution in [0.1, 0.15) is 18.2 Å². The Labute approximate surface area is 186 Å². The number of rotatable bonds is 3. The molecular weight excluding hydrogens is 450 g/mol. The van der Waals surface area contributed by atoms with E-state index in [2.05, 4.69) is 80.0 Å². The Kier molecular flexibility index (Phi) is 3.95. The second-order valence-corrected chi connectivity index (χ2v) is 8.38. The summed E-state index contributed by atoms with van der Waals surface area (Å²) in [5, 5.41) is 1.06. The van der Waals surface area contributed by atoms with Crippen LogP contribution in [0.2, 0.25) is 0 Å². The third-order valence-corrected chi connectivity index (χ3v) is 6.17. The molecule has 0 spiro atoms. The number of imidazole rings is 2. The van der Waals surface area contributed by atoms with Crippen LogP contribution in [0, 0.1) is 0 Å². The molecular formula is C26H18BrN3O. The van der Waals surface area contributed by atoms with Crippen molar-refractivity contribution >= 4 is 66.9 Å². The van der Waals surface area contributed by atoms with Crippen molar-refractivity contribution in [3.05, 3.63) is 89.1 Å². The third-order valence-electron chi connectivity index (χ3n) is 5.68. The van der Waals surface area contributed by atoms with E-state index in [1.807, 2.05) is 31.2 Å². The van der Waals surface area contributed by atoms with Crippen LogP contribution in [-0.4, -0.2) is 14.0 Å². The van der Waals surface area contributed by atoms with Gasteiger partial charge in [0.2, 0.25) is 5.78 Å². The molecule has 3 aromatic heterocycles. The summed E-state index contributed by atoms with van der Waals surface area (Å²) in [6, 6.07) is 20.9. The summed E-state index contributed by atoms with van der Waals surface area (Å²) in [5.41, 5.74) is 7.18. The SMILES string of the molecule is C=Cc1oc2ccc(-n3c4ccccc4n4c5cc(Br)ccc5nc34)cc2c1/C=C\C. The number of allylic oxidation sites excluding steroid dienone is 1. The number of halogens is 1. The average Bonchev–Trinajstić information content (AvgIpc) is 3.42. The largest absolute Gasteiger partial charge is 0.456 e. The van der Waals surface area contributed by atoms with Gasteiger partial charge in [-0.05, 0) is 61.5 Å². The molecule has 0 aliphatic carbocycles. The zero-order valence-electron chi connectivity index (χ0n) is 16.8. The zero-order chi connectivity index (χ0) is 21.1. The molecule has 0 unspecified atom stereocenters. The summed E-state index contributed by atoms with van der Waals surface area (Å²) in [6.07, 6.45) is 5.85. The van der Waals surface area contributed by atoms with Gasteiger partial charge in [-0.2, -0.15) is 0 Å². The van der Waals surface area contributed by atoms with Gasteiger partial charge in [-0.3, -0.25) is 8.97 Å². The van der Waals surface area contributed by atoms with Crippen molar-refractivity contribution in [3.8, 4) is 5.69 Å². The number of para-hydroxylation sites is 2. The normalized spacial score (nSPS) is 12.2. The molecule has 0 radical (unpaired) electrons. The quantitative estimate of drug-likeness (QED) is 0.268. The lowest BCUT2D eigenvalue weighted by Crippen LogP contribution is -1.95. The summed E-state index contributed by atoms with van der Waals surface area (Å²) in [5.74, 6) is 1.66. The van der Waals surface area contributed by atoms with E-state index in [-0.39, 0.29) is 0 Å². The fraction of sp³-hybridized carbons (Fsp3) is 0.0385. The highest BCUT2D eigenvalue weighted by atomic mass is 79.9. The Morgan fingerprint density at radius 2 is 1.84 bits per heavy atom. The molecule has 6 rings (SSSR count). The molecule has 150 valence electrons. The summed E-state index contributed by atoms with van der Waals surface area (Å²) < 4.78 is 11.5. The second-order valence-electron chi connectivity index (χ2n) is 7.47. The fourth-order valence-electron chi connectivity index (χ4n) is 4.38. The van der Waals surface area contributed by atoms with Gasteiger partial charge >= 0.3 is 0 Å². The number of benzene rings is 3. The van der Waals surface area contributed by atoms with Crippen LogP contribution in [0.5, 0.6) is 0 Å². The molecule has 0 saturated carbocycles. The molecule has 0 aliphatic heterocycles. The minimum Gasteiger partial charge on any atom is -0.456 e. The number of nitrogens with zero attached hydrogens (tertiary/aromatic N) is 3. The van der Waals surface area contributed by atoms with E-state index < -0.39 is 0 Å². The van der Waals surface area contributed by atoms with Gasteiger partial charge in [0.1, 0.15) is 11.3 Å². The first-order valence-corrected chi connectivity index (χ1v) is 10.9. The van der Waals surface area contributed by atoms with E-state index >= 15 is 0 Å². The topological polar surface area (TPSA) is 35.4 Å². The monoisotopic (exact) mass is 467 g/mol. The predicted molar refractivity (Wildman–Crippen MR) is 132 cm³/mol. The maximum atomic E-state index is 6.00. The Morgan fingerprint density at radius 3 is 2.65 bits per heavy atom. The molecule has 5 heteroatoms. The number of fused-ring (bicyclic) bond motifs is 6. The number of furan rings is 1. The standard InChI is InChI=1S/C26H18BrN3O/c1-3-7-18-19-15-17(11-13-25(19)31-24(18)4-2)29-21-8-5-6-9-22(21)30-23-14-16(27)10-12-20(23)28-26(29)30/h3-15H,2H2,1H3/b7-3-. The van der Waals surface area contributed by atoms with Crippen LogP contribution in [-0.2, 0) is 0 Å². The first-order valence-electron chi connectivity index (χ1n) is 10.1. The molecule has 3 heterocycles. The Bertz CT molecular complexity index is 1680. The molecule has 31 heavy (non-hydrogen) atoms. The molecule has 0 saturated heterocycles. The Hall–Kier alpha value is -3.57. The minimum atomic E-state index is 0.782. The molecule has 0 bridgehead atoms. The highest BCUT2D eigenvalue weighted by molar-refractivity contribution is 9.10. The van der Waals surface area contributed by atoms with Gasteiger partial charge < -0.3 is 4.42 Å². The van der Waals surface area contributed by atoms with Crippen molar-refractivity contribution in [1.29, 1.82) is 0 Å². The van der Waals surface area contributed by atoms with Crippen LogP contribution in [0.4, 0.5) is 0 Å². The molecule has 0 atom stereocenters. The van der Waals surface area contributed by atoms with Gasteiger partial charge in [0.25, 0.3) is 0 Å².